The lowest BCUT2D eigenvalue weighted by atomic mass is 10.3. The second-order valence-corrected chi connectivity index (χ2v) is 4.70. The van der Waals surface area contributed by atoms with E-state index >= 15 is 0 Å². The van der Waals surface area contributed by atoms with Crippen LogP contribution in [-0.2, 0) is 6.54 Å². The Labute approximate surface area is 110 Å². The van der Waals surface area contributed by atoms with Crippen molar-refractivity contribution in [2.24, 2.45) is 0 Å². The summed E-state index contributed by atoms with van der Waals surface area (Å²) >= 11 is 1.55. The molecular formula is C12H16N4OS. The first-order valence-corrected chi connectivity index (χ1v) is 6.90. The third-order valence-corrected chi connectivity index (χ3v) is 3.26. The molecule has 2 aromatic rings. The molecule has 0 aromatic carbocycles. The van der Waals surface area contributed by atoms with Crippen LogP contribution in [0.25, 0.3) is 11.4 Å². The molecule has 2 rings (SSSR count). The summed E-state index contributed by atoms with van der Waals surface area (Å²) in [5.41, 5.74) is 1.46. The van der Waals surface area contributed by atoms with Gasteiger partial charge < -0.3 is 5.32 Å². The summed E-state index contributed by atoms with van der Waals surface area (Å²) in [4.78, 5) is 15.9. The molecule has 1 N–H and O–H groups in total. The molecule has 5 nitrogen and oxygen atoms in total. The molecule has 0 bridgehead atoms. The lowest BCUT2D eigenvalue weighted by molar-refractivity contribution is 0.618. The molecule has 0 saturated heterocycles. The standard InChI is InChI=1S/C12H16N4OS/c1-3-7-13-12-14-10(8-18-12)9-5-6-11(17)16(4-2)15-9/h5-6,8H,3-4,7H2,1-2H3,(H,13,14). The van der Waals surface area contributed by atoms with E-state index in [1.54, 1.807) is 17.4 Å². The predicted octanol–water partition coefficient (Wildman–Crippen LogP) is 2.21. The van der Waals surface area contributed by atoms with Crippen LogP contribution in [0.3, 0.4) is 0 Å². The summed E-state index contributed by atoms with van der Waals surface area (Å²) in [6, 6.07) is 3.25. The number of hydrogen-bond donors (Lipinski definition) is 1. The number of anilines is 1. The van der Waals surface area contributed by atoms with Crippen molar-refractivity contribution >= 4 is 16.5 Å². The van der Waals surface area contributed by atoms with E-state index in [4.69, 9.17) is 0 Å². The van der Waals surface area contributed by atoms with Crippen LogP contribution in [0.2, 0.25) is 0 Å². The van der Waals surface area contributed by atoms with Crippen molar-refractivity contribution in [2.45, 2.75) is 26.8 Å². The number of hydrogen-bond acceptors (Lipinski definition) is 5. The largest absolute Gasteiger partial charge is 0.362 e. The molecule has 0 spiro atoms. The lowest BCUT2D eigenvalue weighted by Crippen LogP contribution is -2.21. The van der Waals surface area contributed by atoms with Crippen LogP contribution in [0.4, 0.5) is 5.13 Å². The van der Waals surface area contributed by atoms with Crippen LogP contribution >= 0.6 is 11.3 Å². The van der Waals surface area contributed by atoms with Gasteiger partial charge in [-0.1, -0.05) is 6.92 Å². The number of aromatic nitrogens is 3. The Morgan fingerprint density at radius 2 is 2.17 bits per heavy atom. The topological polar surface area (TPSA) is 59.8 Å². The average molecular weight is 264 g/mol. The fraction of sp³-hybridized carbons (Fsp3) is 0.417. The molecule has 0 aliphatic carbocycles. The second kappa shape index (κ2) is 5.77. The van der Waals surface area contributed by atoms with Gasteiger partial charge in [0.15, 0.2) is 5.13 Å². The highest BCUT2D eigenvalue weighted by Gasteiger charge is 2.07. The molecule has 18 heavy (non-hydrogen) atoms. The van der Waals surface area contributed by atoms with Gasteiger partial charge in [0, 0.05) is 24.5 Å². The molecule has 0 fully saturated rings. The van der Waals surface area contributed by atoms with E-state index in [0.717, 1.165) is 29.5 Å². The summed E-state index contributed by atoms with van der Waals surface area (Å²) in [5.74, 6) is 0. The lowest BCUT2D eigenvalue weighted by Gasteiger charge is -2.02. The zero-order valence-corrected chi connectivity index (χ0v) is 11.3. The highest BCUT2D eigenvalue weighted by atomic mass is 32.1. The summed E-state index contributed by atoms with van der Waals surface area (Å²) in [7, 11) is 0. The quantitative estimate of drug-likeness (QED) is 0.899. The Morgan fingerprint density at radius 1 is 1.33 bits per heavy atom. The van der Waals surface area contributed by atoms with E-state index in [0.29, 0.717) is 6.54 Å². The summed E-state index contributed by atoms with van der Waals surface area (Å²) in [5, 5.41) is 10.4. The molecule has 0 unspecified atom stereocenters. The van der Waals surface area contributed by atoms with Crippen LogP contribution in [-0.4, -0.2) is 21.3 Å². The second-order valence-electron chi connectivity index (χ2n) is 3.84. The molecule has 0 saturated carbocycles. The predicted molar refractivity (Wildman–Crippen MR) is 74.1 cm³/mol. The van der Waals surface area contributed by atoms with Gasteiger partial charge >= 0.3 is 0 Å². The van der Waals surface area contributed by atoms with Gasteiger partial charge in [0.05, 0.1) is 0 Å². The van der Waals surface area contributed by atoms with E-state index in [-0.39, 0.29) is 5.56 Å². The van der Waals surface area contributed by atoms with E-state index < -0.39 is 0 Å². The molecule has 0 radical (unpaired) electrons. The van der Waals surface area contributed by atoms with Gasteiger partial charge in [-0.3, -0.25) is 4.79 Å². The van der Waals surface area contributed by atoms with Crippen molar-refractivity contribution in [2.75, 3.05) is 11.9 Å². The van der Waals surface area contributed by atoms with Gasteiger partial charge in [-0.05, 0) is 19.4 Å². The molecule has 0 amide bonds. The van der Waals surface area contributed by atoms with Gasteiger partial charge in [0.1, 0.15) is 11.4 Å². The SMILES string of the molecule is CCCNc1nc(-c2ccc(=O)n(CC)n2)cs1. The van der Waals surface area contributed by atoms with Crippen molar-refractivity contribution < 1.29 is 0 Å². The molecule has 0 aliphatic heterocycles. The number of nitrogens with one attached hydrogen (secondary N) is 1. The number of aryl methyl sites for hydroxylation is 1. The van der Waals surface area contributed by atoms with Crippen LogP contribution in [0.1, 0.15) is 20.3 Å². The van der Waals surface area contributed by atoms with Crippen LogP contribution in [0, 0.1) is 0 Å². The van der Waals surface area contributed by atoms with Gasteiger partial charge in [-0.15, -0.1) is 11.3 Å². The van der Waals surface area contributed by atoms with Gasteiger partial charge in [0.2, 0.25) is 0 Å². The minimum atomic E-state index is -0.0826. The van der Waals surface area contributed by atoms with Crippen molar-refractivity contribution in [1.82, 2.24) is 14.8 Å². The fourth-order valence-electron chi connectivity index (χ4n) is 1.52. The van der Waals surface area contributed by atoms with Gasteiger partial charge in [0.25, 0.3) is 5.56 Å². The van der Waals surface area contributed by atoms with Crippen molar-refractivity contribution in [1.29, 1.82) is 0 Å². The maximum Gasteiger partial charge on any atom is 0.266 e. The van der Waals surface area contributed by atoms with Crippen molar-refractivity contribution in [3.63, 3.8) is 0 Å². The first-order chi connectivity index (χ1) is 8.74. The highest BCUT2D eigenvalue weighted by molar-refractivity contribution is 7.14. The van der Waals surface area contributed by atoms with E-state index in [1.807, 2.05) is 12.3 Å². The first-order valence-electron chi connectivity index (χ1n) is 6.02. The van der Waals surface area contributed by atoms with Gasteiger partial charge in [-0.2, -0.15) is 5.10 Å². The molecule has 96 valence electrons. The zero-order valence-electron chi connectivity index (χ0n) is 10.5. The third-order valence-electron chi connectivity index (χ3n) is 2.46. The van der Waals surface area contributed by atoms with E-state index in [9.17, 15) is 4.79 Å². The minimum absolute atomic E-state index is 0.0826. The normalized spacial score (nSPS) is 10.6. The first kappa shape index (κ1) is 12.8. The number of nitrogens with zero attached hydrogens (tertiary/aromatic N) is 3. The van der Waals surface area contributed by atoms with Crippen molar-refractivity contribution in [3.8, 4) is 11.4 Å². The zero-order chi connectivity index (χ0) is 13.0. The molecule has 0 atom stereocenters. The molecule has 2 heterocycles. The van der Waals surface area contributed by atoms with Crippen LogP contribution in [0.5, 0.6) is 0 Å². The Morgan fingerprint density at radius 3 is 2.89 bits per heavy atom. The molecular weight excluding hydrogens is 248 g/mol. The maximum atomic E-state index is 11.5. The highest BCUT2D eigenvalue weighted by Crippen LogP contribution is 2.22. The Hall–Kier alpha value is -1.69. The summed E-state index contributed by atoms with van der Waals surface area (Å²) in [6.07, 6.45) is 1.06. The van der Waals surface area contributed by atoms with E-state index in [2.05, 4.69) is 22.3 Å². The van der Waals surface area contributed by atoms with Crippen molar-refractivity contribution in [3.05, 3.63) is 27.9 Å². The van der Waals surface area contributed by atoms with Gasteiger partial charge in [-0.25, -0.2) is 9.67 Å². The maximum absolute atomic E-state index is 11.5. The van der Waals surface area contributed by atoms with Crippen LogP contribution < -0.4 is 10.9 Å². The Kier molecular flexibility index (Phi) is 4.09. The third kappa shape index (κ3) is 2.76. The summed E-state index contributed by atoms with van der Waals surface area (Å²) < 4.78 is 1.44. The average Bonchev–Trinajstić information content (AvgIpc) is 2.85. The Balaban J connectivity index is 2.25. The number of thiazole rings is 1. The fourth-order valence-corrected chi connectivity index (χ4v) is 2.25. The van der Waals surface area contributed by atoms with Crippen LogP contribution in [0.15, 0.2) is 22.3 Å². The summed E-state index contributed by atoms with van der Waals surface area (Å²) in [6.45, 7) is 5.49. The smallest absolute Gasteiger partial charge is 0.266 e. The van der Waals surface area contributed by atoms with E-state index in [1.165, 1.54) is 10.7 Å². The molecule has 6 heteroatoms. The minimum Gasteiger partial charge on any atom is -0.362 e. The molecule has 0 aliphatic rings. The molecule has 2 aromatic heterocycles. The monoisotopic (exact) mass is 264 g/mol. The Bertz CT molecular complexity index is 575. The number of rotatable bonds is 5.